The van der Waals surface area contributed by atoms with Crippen LogP contribution in [0.5, 0.6) is 5.75 Å². The predicted molar refractivity (Wildman–Crippen MR) is 107 cm³/mol. The van der Waals surface area contributed by atoms with Crippen LogP contribution in [-0.4, -0.2) is 25.7 Å². The molecule has 0 heterocycles. The van der Waals surface area contributed by atoms with Crippen LogP contribution in [0, 0.1) is 0 Å². The van der Waals surface area contributed by atoms with Gasteiger partial charge in [-0.1, -0.05) is 44.5 Å². The zero-order valence-corrected chi connectivity index (χ0v) is 17.0. The molecule has 5 nitrogen and oxygen atoms in total. The Hall–Kier alpha value is -2.53. The van der Waals surface area contributed by atoms with Crippen molar-refractivity contribution in [1.82, 2.24) is 0 Å². The van der Waals surface area contributed by atoms with Gasteiger partial charge in [-0.3, -0.25) is 4.90 Å². The summed E-state index contributed by atoms with van der Waals surface area (Å²) in [7, 11) is 1.58. The molecule has 0 spiro atoms. The van der Waals surface area contributed by atoms with Gasteiger partial charge in [0.1, 0.15) is 0 Å². The van der Waals surface area contributed by atoms with Gasteiger partial charge in [-0.05, 0) is 48.2 Å². The highest BCUT2D eigenvalue weighted by molar-refractivity contribution is 6.30. The second kappa shape index (κ2) is 8.44. The first-order valence-corrected chi connectivity index (χ1v) is 9.04. The van der Waals surface area contributed by atoms with Crippen molar-refractivity contribution < 1.29 is 19.1 Å². The van der Waals surface area contributed by atoms with Crippen LogP contribution in [0.1, 0.15) is 43.6 Å². The molecule has 0 radical (unpaired) electrons. The van der Waals surface area contributed by atoms with E-state index >= 15 is 0 Å². The van der Waals surface area contributed by atoms with Crippen molar-refractivity contribution in [2.75, 3.05) is 18.6 Å². The molecule has 1 amide bonds. The lowest BCUT2D eigenvalue weighted by atomic mass is 9.86. The summed E-state index contributed by atoms with van der Waals surface area (Å²) in [6, 6.07) is 11.9. The summed E-state index contributed by atoms with van der Waals surface area (Å²) in [5.74, 6) is -0.289. The number of nitrogens with zero attached hydrogens (tertiary/aromatic N) is 1. The molecule has 0 aliphatic rings. The summed E-state index contributed by atoms with van der Waals surface area (Å²) in [5, 5.41) is 0.441. The number of esters is 1. The molecule has 144 valence electrons. The first-order valence-electron chi connectivity index (χ1n) is 8.66. The number of anilines is 1. The van der Waals surface area contributed by atoms with E-state index < -0.39 is 12.1 Å². The van der Waals surface area contributed by atoms with Crippen molar-refractivity contribution in [1.29, 1.82) is 0 Å². The number of rotatable bonds is 4. The third kappa shape index (κ3) is 5.23. The Labute approximate surface area is 164 Å². The number of ether oxygens (including phenoxy) is 2. The maximum Gasteiger partial charge on any atom is 0.414 e. The van der Waals surface area contributed by atoms with Crippen LogP contribution in [0.25, 0.3) is 0 Å². The number of amides is 1. The van der Waals surface area contributed by atoms with Crippen LogP contribution in [0.4, 0.5) is 10.5 Å². The fraction of sp³-hybridized carbons (Fsp3) is 0.333. The molecule has 2 rings (SSSR count). The molecule has 0 fully saturated rings. The van der Waals surface area contributed by atoms with Gasteiger partial charge in [-0.25, -0.2) is 9.59 Å². The van der Waals surface area contributed by atoms with E-state index in [1.54, 1.807) is 38.2 Å². The quantitative estimate of drug-likeness (QED) is 0.515. The van der Waals surface area contributed by atoms with Crippen LogP contribution in [0.2, 0.25) is 5.02 Å². The second-order valence-corrected chi connectivity index (χ2v) is 7.53. The third-order valence-corrected chi connectivity index (χ3v) is 4.23. The molecule has 0 saturated carbocycles. The zero-order chi connectivity index (χ0) is 20.2. The smallest absolute Gasteiger partial charge is 0.414 e. The van der Waals surface area contributed by atoms with Crippen LogP contribution in [-0.2, 0) is 10.2 Å². The van der Waals surface area contributed by atoms with E-state index in [-0.39, 0.29) is 17.8 Å². The van der Waals surface area contributed by atoms with E-state index in [1.165, 1.54) is 11.0 Å². The van der Waals surface area contributed by atoms with Gasteiger partial charge < -0.3 is 9.47 Å². The summed E-state index contributed by atoms with van der Waals surface area (Å²) < 4.78 is 10.6. The molecule has 0 atom stereocenters. The molecule has 0 aromatic heterocycles. The summed E-state index contributed by atoms with van der Waals surface area (Å²) in [6.45, 7) is 8.17. The van der Waals surface area contributed by atoms with Gasteiger partial charge >= 0.3 is 12.1 Å². The minimum absolute atomic E-state index is 0.139. The van der Waals surface area contributed by atoms with Crippen molar-refractivity contribution in [2.24, 2.45) is 0 Å². The number of hydrogen-bond acceptors (Lipinski definition) is 4. The first kappa shape index (κ1) is 20.8. The third-order valence-electron chi connectivity index (χ3n) is 3.99. The van der Waals surface area contributed by atoms with E-state index in [1.807, 2.05) is 12.1 Å². The van der Waals surface area contributed by atoms with E-state index in [0.717, 1.165) is 5.56 Å². The van der Waals surface area contributed by atoms with Crippen molar-refractivity contribution in [3.8, 4) is 5.75 Å². The molecule has 0 saturated heterocycles. The Morgan fingerprint density at radius 1 is 1.11 bits per heavy atom. The highest BCUT2D eigenvalue weighted by Crippen LogP contribution is 2.34. The number of carbonyl (C=O) groups is 2. The molecule has 2 aromatic rings. The number of benzene rings is 2. The highest BCUT2D eigenvalue weighted by atomic mass is 35.5. The second-order valence-electron chi connectivity index (χ2n) is 7.09. The van der Waals surface area contributed by atoms with E-state index in [0.29, 0.717) is 16.3 Å². The summed E-state index contributed by atoms with van der Waals surface area (Å²) in [5.41, 5.74) is 1.64. The van der Waals surface area contributed by atoms with Crippen molar-refractivity contribution in [2.45, 2.75) is 33.1 Å². The Morgan fingerprint density at radius 2 is 1.81 bits per heavy atom. The lowest BCUT2D eigenvalue weighted by Crippen LogP contribution is -2.28. The molecular weight excluding hydrogens is 366 g/mol. The predicted octanol–water partition coefficient (Wildman–Crippen LogP) is 5.45. The fourth-order valence-electron chi connectivity index (χ4n) is 2.43. The van der Waals surface area contributed by atoms with E-state index in [2.05, 4.69) is 20.8 Å². The topological polar surface area (TPSA) is 55.8 Å². The lowest BCUT2D eigenvalue weighted by molar-refractivity contribution is 0.0734. The monoisotopic (exact) mass is 389 g/mol. The molecule has 27 heavy (non-hydrogen) atoms. The Bertz CT molecular complexity index is 842. The molecule has 0 unspecified atom stereocenters. The minimum Gasteiger partial charge on any atom is -0.449 e. The van der Waals surface area contributed by atoms with Gasteiger partial charge in [0, 0.05) is 12.1 Å². The molecule has 2 aromatic carbocycles. The molecule has 0 bridgehead atoms. The van der Waals surface area contributed by atoms with E-state index in [4.69, 9.17) is 21.1 Å². The van der Waals surface area contributed by atoms with Crippen molar-refractivity contribution >= 4 is 29.4 Å². The van der Waals surface area contributed by atoms with Crippen LogP contribution in [0.15, 0.2) is 42.5 Å². The van der Waals surface area contributed by atoms with Gasteiger partial charge in [0.15, 0.2) is 5.75 Å². The maximum atomic E-state index is 12.5. The minimum atomic E-state index is -0.556. The Morgan fingerprint density at radius 3 is 2.41 bits per heavy atom. The highest BCUT2D eigenvalue weighted by Gasteiger charge is 2.23. The zero-order valence-electron chi connectivity index (χ0n) is 16.2. The van der Waals surface area contributed by atoms with Crippen LogP contribution < -0.4 is 9.64 Å². The summed E-state index contributed by atoms with van der Waals surface area (Å²) >= 11 is 5.94. The fourth-order valence-corrected chi connectivity index (χ4v) is 2.62. The Balaban J connectivity index is 2.42. The van der Waals surface area contributed by atoms with Crippen LogP contribution >= 0.6 is 11.6 Å². The molecule has 0 N–H and O–H groups in total. The maximum absolute atomic E-state index is 12.5. The van der Waals surface area contributed by atoms with Gasteiger partial charge in [0.05, 0.1) is 17.9 Å². The first-order chi connectivity index (χ1) is 12.6. The normalized spacial score (nSPS) is 11.0. The van der Waals surface area contributed by atoms with Gasteiger partial charge in [-0.2, -0.15) is 0 Å². The van der Waals surface area contributed by atoms with Gasteiger partial charge in [-0.15, -0.1) is 0 Å². The molecule has 0 aliphatic carbocycles. The van der Waals surface area contributed by atoms with E-state index in [9.17, 15) is 9.59 Å². The SMILES string of the molecule is CCOC(=O)N(C)c1cc(C(C)(C)C)ccc1OC(=O)c1cccc(Cl)c1. The summed E-state index contributed by atoms with van der Waals surface area (Å²) in [4.78, 5) is 26.0. The number of halogens is 1. The largest absolute Gasteiger partial charge is 0.449 e. The summed E-state index contributed by atoms with van der Waals surface area (Å²) in [6.07, 6.45) is -0.524. The average molecular weight is 390 g/mol. The average Bonchev–Trinajstić information content (AvgIpc) is 2.60. The van der Waals surface area contributed by atoms with Gasteiger partial charge in [0.2, 0.25) is 0 Å². The number of carbonyl (C=O) groups excluding carboxylic acids is 2. The molecular formula is C21H24ClNO4. The Kier molecular flexibility index (Phi) is 6.50. The standard InChI is InChI=1S/C21H24ClNO4/c1-6-26-20(25)23(5)17-13-15(21(2,3)4)10-11-18(17)27-19(24)14-8-7-9-16(22)12-14/h7-13H,6H2,1-5H3. The van der Waals surface area contributed by atoms with Crippen molar-refractivity contribution in [3.05, 3.63) is 58.6 Å². The van der Waals surface area contributed by atoms with Gasteiger partial charge in [0.25, 0.3) is 0 Å². The number of hydrogen-bond donors (Lipinski definition) is 0. The van der Waals surface area contributed by atoms with Crippen molar-refractivity contribution in [3.63, 3.8) is 0 Å². The molecule has 6 heteroatoms. The molecule has 0 aliphatic heterocycles. The van der Waals surface area contributed by atoms with Crippen LogP contribution in [0.3, 0.4) is 0 Å². The lowest BCUT2D eigenvalue weighted by Gasteiger charge is -2.24.